The third-order valence-corrected chi connectivity index (χ3v) is 3.62. The fourth-order valence-corrected chi connectivity index (χ4v) is 2.84. The van der Waals surface area contributed by atoms with Crippen LogP contribution in [0.15, 0.2) is 48.5 Å². The van der Waals surface area contributed by atoms with Crippen molar-refractivity contribution in [2.75, 3.05) is 17.0 Å². The number of nitrogens with one attached hydrogen (secondary N) is 1. The van der Waals surface area contributed by atoms with E-state index in [2.05, 4.69) is 53.8 Å². The van der Waals surface area contributed by atoms with Gasteiger partial charge in [-0.1, -0.05) is 48.5 Å². The second-order valence-corrected chi connectivity index (χ2v) is 4.62. The van der Waals surface area contributed by atoms with Crippen LogP contribution in [0.2, 0.25) is 0 Å². The smallest absolute Gasteiger partial charge is 0.103 e. The minimum Gasteiger partial charge on any atom is -0.364 e. The van der Waals surface area contributed by atoms with Crippen molar-refractivity contribution in [3.8, 4) is 0 Å². The van der Waals surface area contributed by atoms with Crippen molar-refractivity contribution in [3.63, 3.8) is 0 Å². The SMILES string of the molecule is NN1CNc2c1c1ccccc1c1ccccc21. The zero-order chi connectivity index (χ0) is 12.1. The quantitative estimate of drug-likeness (QED) is 0.465. The molecule has 0 saturated carbocycles. The molecule has 88 valence electrons. The van der Waals surface area contributed by atoms with Crippen LogP contribution < -0.4 is 16.2 Å². The highest BCUT2D eigenvalue weighted by Gasteiger charge is 2.21. The number of benzene rings is 3. The summed E-state index contributed by atoms with van der Waals surface area (Å²) in [7, 11) is 0. The number of anilines is 2. The number of hydrazine groups is 1. The van der Waals surface area contributed by atoms with E-state index in [9.17, 15) is 0 Å². The van der Waals surface area contributed by atoms with E-state index < -0.39 is 0 Å². The first kappa shape index (κ1) is 9.74. The molecule has 0 fully saturated rings. The van der Waals surface area contributed by atoms with Gasteiger partial charge < -0.3 is 5.32 Å². The highest BCUT2D eigenvalue weighted by atomic mass is 15.5. The van der Waals surface area contributed by atoms with Gasteiger partial charge in [-0.2, -0.15) is 0 Å². The lowest BCUT2D eigenvalue weighted by molar-refractivity contribution is 0.949. The summed E-state index contributed by atoms with van der Waals surface area (Å²) in [5.74, 6) is 6.07. The van der Waals surface area contributed by atoms with Crippen LogP contribution >= 0.6 is 0 Å². The molecule has 18 heavy (non-hydrogen) atoms. The molecule has 4 rings (SSSR count). The first-order valence-corrected chi connectivity index (χ1v) is 6.06. The van der Waals surface area contributed by atoms with Crippen LogP contribution in [0.5, 0.6) is 0 Å². The Hall–Kier alpha value is -2.26. The third-order valence-electron chi connectivity index (χ3n) is 3.62. The average molecular weight is 235 g/mol. The molecule has 0 unspecified atom stereocenters. The predicted molar refractivity (Wildman–Crippen MR) is 76.6 cm³/mol. The fourth-order valence-electron chi connectivity index (χ4n) is 2.84. The van der Waals surface area contributed by atoms with Gasteiger partial charge in [0.2, 0.25) is 0 Å². The maximum atomic E-state index is 6.07. The van der Waals surface area contributed by atoms with Gasteiger partial charge in [0, 0.05) is 10.8 Å². The minimum atomic E-state index is 0.660. The average Bonchev–Trinajstić information content (AvgIpc) is 2.82. The minimum absolute atomic E-state index is 0.660. The van der Waals surface area contributed by atoms with Crippen molar-refractivity contribution in [1.82, 2.24) is 0 Å². The molecule has 0 saturated heterocycles. The van der Waals surface area contributed by atoms with Gasteiger partial charge >= 0.3 is 0 Å². The summed E-state index contributed by atoms with van der Waals surface area (Å²) < 4.78 is 0. The van der Waals surface area contributed by atoms with Gasteiger partial charge in [-0.05, 0) is 10.8 Å². The number of rotatable bonds is 0. The summed E-state index contributed by atoms with van der Waals surface area (Å²) in [5.41, 5.74) is 2.25. The first-order valence-electron chi connectivity index (χ1n) is 6.06. The summed E-state index contributed by atoms with van der Waals surface area (Å²) >= 11 is 0. The molecule has 3 heteroatoms. The topological polar surface area (TPSA) is 41.3 Å². The van der Waals surface area contributed by atoms with Crippen molar-refractivity contribution in [2.45, 2.75) is 0 Å². The van der Waals surface area contributed by atoms with Gasteiger partial charge in [-0.25, -0.2) is 5.84 Å². The standard InChI is InChI=1S/C15H13N3/c16-18-9-17-14-12-7-3-1-5-10(12)11-6-2-4-8-13(11)15(14)18/h1-8,17H,9,16H2. The molecule has 3 aromatic rings. The van der Waals surface area contributed by atoms with Gasteiger partial charge in [0.15, 0.2) is 0 Å². The highest BCUT2D eigenvalue weighted by molar-refractivity contribution is 6.21. The Morgan fingerprint density at radius 3 is 2.11 bits per heavy atom. The predicted octanol–water partition coefficient (Wildman–Crippen LogP) is 3.06. The normalized spacial score (nSPS) is 13.9. The lowest BCUT2D eigenvalue weighted by atomic mass is 9.98. The molecule has 0 spiro atoms. The van der Waals surface area contributed by atoms with E-state index >= 15 is 0 Å². The summed E-state index contributed by atoms with van der Waals surface area (Å²) in [6, 6.07) is 16.9. The van der Waals surface area contributed by atoms with E-state index in [1.165, 1.54) is 21.5 Å². The van der Waals surface area contributed by atoms with E-state index in [4.69, 9.17) is 5.84 Å². The molecule has 0 aromatic heterocycles. The van der Waals surface area contributed by atoms with Gasteiger partial charge in [0.05, 0.1) is 11.4 Å². The van der Waals surface area contributed by atoms with Gasteiger partial charge in [0.1, 0.15) is 6.67 Å². The van der Waals surface area contributed by atoms with Crippen molar-refractivity contribution in [1.29, 1.82) is 0 Å². The summed E-state index contributed by atoms with van der Waals surface area (Å²) in [6.07, 6.45) is 0. The monoisotopic (exact) mass is 235 g/mol. The van der Waals surface area contributed by atoms with Crippen molar-refractivity contribution in [3.05, 3.63) is 48.5 Å². The number of hydrogen-bond acceptors (Lipinski definition) is 3. The van der Waals surface area contributed by atoms with Crippen LogP contribution in [0.25, 0.3) is 21.5 Å². The summed E-state index contributed by atoms with van der Waals surface area (Å²) in [5, 5.41) is 10.1. The van der Waals surface area contributed by atoms with Crippen LogP contribution in [0.3, 0.4) is 0 Å². The summed E-state index contributed by atoms with van der Waals surface area (Å²) in [6.45, 7) is 0.660. The Labute approximate surface area is 105 Å². The Morgan fingerprint density at radius 1 is 0.833 bits per heavy atom. The Balaban J connectivity index is 2.32. The Kier molecular flexibility index (Phi) is 1.82. The molecule has 0 aliphatic carbocycles. The van der Waals surface area contributed by atoms with Gasteiger partial charge in [-0.15, -0.1) is 0 Å². The molecule has 0 amide bonds. The molecule has 3 nitrogen and oxygen atoms in total. The Bertz CT molecular complexity index is 764. The van der Waals surface area contributed by atoms with Gasteiger partial charge in [-0.3, -0.25) is 5.01 Å². The second kappa shape index (κ2) is 3.37. The lowest BCUT2D eigenvalue weighted by Gasteiger charge is -2.14. The zero-order valence-electron chi connectivity index (χ0n) is 9.85. The van der Waals surface area contributed by atoms with E-state index in [0.717, 1.165) is 11.4 Å². The van der Waals surface area contributed by atoms with E-state index in [1.807, 2.05) is 0 Å². The molecular weight excluding hydrogens is 222 g/mol. The van der Waals surface area contributed by atoms with Crippen LogP contribution in [-0.4, -0.2) is 6.67 Å². The number of fused-ring (bicyclic) bond motifs is 6. The van der Waals surface area contributed by atoms with Crippen LogP contribution in [0.1, 0.15) is 0 Å². The van der Waals surface area contributed by atoms with E-state index in [1.54, 1.807) is 5.01 Å². The molecule has 0 atom stereocenters. The molecule has 3 N–H and O–H groups in total. The largest absolute Gasteiger partial charge is 0.364 e. The highest BCUT2D eigenvalue weighted by Crippen LogP contribution is 2.43. The Morgan fingerprint density at radius 2 is 1.39 bits per heavy atom. The molecule has 0 bridgehead atoms. The fraction of sp³-hybridized carbons (Fsp3) is 0.0667. The zero-order valence-corrected chi connectivity index (χ0v) is 9.85. The molecule has 0 radical (unpaired) electrons. The maximum Gasteiger partial charge on any atom is 0.103 e. The first-order chi connectivity index (χ1) is 8.86. The van der Waals surface area contributed by atoms with Crippen molar-refractivity contribution in [2.24, 2.45) is 5.84 Å². The second-order valence-electron chi connectivity index (χ2n) is 4.62. The molecule has 3 aromatic carbocycles. The van der Waals surface area contributed by atoms with Crippen molar-refractivity contribution >= 4 is 32.9 Å². The maximum absolute atomic E-state index is 6.07. The van der Waals surface area contributed by atoms with E-state index in [0.29, 0.717) is 6.67 Å². The summed E-state index contributed by atoms with van der Waals surface area (Å²) in [4.78, 5) is 0. The van der Waals surface area contributed by atoms with Gasteiger partial charge in [0.25, 0.3) is 0 Å². The van der Waals surface area contributed by atoms with Crippen LogP contribution in [0, 0.1) is 0 Å². The molecule has 1 aliphatic heterocycles. The van der Waals surface area contributed by atoms with Crippen LogP contribution in [0.4, 0.5) is 11.4 Å². The molecule has 1 aliphatic rings. The lowest BCUT2D eigenvalue weighted by Crippen LogP contribution is -2.30. The number of nitrogens with zero attached hydrogens (tertiary/aromatic N) is 1. The number of hydrogen-bond donors (Lipinski definition) is 2. The molecular formula is C15H13N3. The molecule has 1 heterocycles. The van der Waals surface area contributed by atoms with Crippen LogP contribution in [-0.2, 0) is 0 Å². The van der Waals surface area contributed by atoms with Crippen molar-refractivity contribution < 1.29 is 0 Å². The van der Waals surface area contributed by atoms with E-state index in [-0.39, 0.29) is 0 Å². The number of nitrogens with two attached hydrogens (primary N) is 1. The third kappa shape index (κ3) is 1.11.